The molecule has 21 heavy (non-hydrogen) atoms. The first kappa shape index (κ1) is 16.6. The van der Waals surface area contributed by atoms with E-state index in [1.807, 2.05) is 12.1 Å². The molecular weight excluding hydrogens is 268 g/mol. The van der Waals surface area contributed by atoms with E-state index in [2.05, 4.69) is 0 Å². The predicted molar refractivity (Wildman–Crippen MR) is 70.8 cm³/mol. The third kappa shape index (κ3) is 2.15. The van der Waals surface area contributed by atoms with Crippen LogP contribution in [0.15, 0.2) is 0 Å². The number of ketones is 1. The van der Waals surface area contributed by atoms with Crippen molar-refractivity contribution in [2.75, 3.05) is 6.61 Å². The number of ether oxygens (including phenoxy) is 1. The van der Waals surface area contributed by atoms with Gasteiger partial charge in [-0.05, 0) is 19.8 Å². The zero-order valence-corrected chi connectivity index (χ0v) is 12.1. The molecule has 0 aromatic heterocycles. The molecule has 0 amide bonds. The first-order valence-electron chi connectivity index (χ1n) is 6.82. The van der Waals surface area contributed by atoms with Gasteiger partial charge in [0, 0.05) is 13.0 Å². The Labute approximate surface area is 124 Å². The normalized spacial score (nSPS) is 25.6. The number of hydrogen-bond acceptors (Lipinski definition) is 6. The van der Waals surface area contributed by atoms with Crippen LogP contribution in [0.4, 0.5) is 0 Å². The van der Waals surface area contributed by atoms with E-state index < -0.39 is 22.9 Å². The highest BCUT2D eigenvalue weighted by Crippen LogP contribution is 2.54. The number of carbonyl (C=O) groups excluding carboxylic acids is 1. The molecule has 0 aromatic rings. The van der Waals surface area contributed by atoms with Crippen LogP contribution >= 0.6 is 0 Å². The zero-order valence-electron chi connectivity index (χ0n) is 12.1. The first-order valence-corrected chi connectivity index (χ1v) is 6.82. The van der Waals surface area contributed by atoms with E-state index in [0.717, 1.165) is 0 Å². The molecule has 1 fully saturated rings. The number of hydrogen-bond donors (Lipinski definition) is 0. The maximum Gasteiger partial charge on any atom is 0.201 e. The molecule has 1 aliphatic carbocycles. The molecule has 2 unspecified atom stereocenters. The molecule has 1 rings (SSSR count). The average Bonchev–Trinajstić information content (AvgIpc) is 2.53. The Morgan fingerprint density at radius 3 is 1.95 bits per heavy atom. The van der Waals surface area contributed by atoms with Crippen molar-refractivity contribution in [1.29, 1.82) is 21.0 Å². The van der Waals surface area contributed by atoms with E-state index in [0.29, 0.717) is 6.42 Å². The lowest BCUT2D eigenvalue weighted by atomic mass is 9.51. The third-order valence-corrected chi connectivity index (χ3v) is 4.16. The summed E-state index contributed by atoms with van der Waals surface area (Å²) >= 11 is 0. The van der Waals surface area contributed by atoms with Gasteiger partial charge in [-0.25, -0.2) is 0 Å². The van der Waals surface area contributed by atoms with E-state index in [1.54, 1.807) is 26.0 Å². The van der Waals surface area contributed by atoms with Crippen molar-refractivity contribution in [3.63, 3.8) is 0 Å². The van der Waals surface area contributed by atoms with Gasteiger partial charge in [-0.15, -0.1) is 0 Å². The van der Waals surface area contributed by atoms with Crippen LogP contribution in [0.3, 0.4) is 0 Å². The summed E-state index contributed by atoms with van der Waals surface area (Å²) in [6.07, 6.45) is -0.125. The second kappa shape index (κ2) is 6.36. The molecule has 6 nitrogen and oxygen atoms in total. The van der Waals surface area contributed by atoms with Gasteiger partial charge in [0.05, 0.1) is 36.3 Å². The predicted octanol–water partition coefficient (Wildman–Crippen LogP) is 1.85. The highest BCUT2D eigenvalue weighted by Gasteiger charge is 2.67. The second-order valence-electron chi connectivity index (χ2n) is 4.96. The van der Waals surface area contributed by atoms with Gasteiger partial charge >= 0.3 is 0 Å². The van der Waals surface area contributed by atoms with Gasteiger partial charge in [-0.1, -0.05) is 6.92 Å². The zero-order chi connectivity index (χ0) is 16.1. The molecule has 0 spiro atoms. The number of carbonyl (C=O) groups is 1. The van der Waals surface area contributed by atoms with Crippen molar-refractivity contribution < 1.29 is 9.53 Å². The Morgan fingerprint density at radius 1 is 1.05 bits per heavy atom. The maximum atomic E-state index is 12.1. The van der Waals surface area contributed by atoms with Crippen LogP contribution in [0.25, 0.3) is 0 Å². The molecule has 0 heterocycles. The van der Waals surface area contributed by atoms with Crippen molar-refractivity contribution in [2.45, 2.75) is 39.2 Å². The summed E-state index contributed by atoms with van der Waals surface area (Å²) in [5.74, 6) is -1.21. The Bertz CT molecular complexity index is 557. The Morgan fingerprint density at radius 2 is 1.57 bits per heavy atom. The molecule has 0 radical (unpaired) electrons. The second-order valence-corrected chi connectivity index (χ2v) is 4.96. The van der Waals surface area contributed by atoms with E-state index in [9.17, 15) is 25.8 Å². The smallest absolute Gasteiger partial charge is 0.201 e. The Kier molecular flexibility index (Phi) is 5.04. The molecule has 1 saturated carbocycles. The van der Waals surface area contributed by atoms with Crippen LogP contribution < -0.4 is 0 Å². The van der Waals surface area contributed by atoms with E-state index in [4.69, 9.17) is 4.74 Å². The van der Waals surface area contributed by atoms with Gasteiger partial charge in [-0.3, -0.25) is 4.79 Å². The highest BCUT2D eigenvalue weighted by molar-refractivity contribution is 5.83. The van der Waals surface area contributed by atoms with Crippen molar-refractivity contribution in [3.05, 3.63) is 0 Å². The number of nitriles is 4. The number of Topliss-reactive ketones (excluding diaryl/α,β-unsaturated/α-hetero) is 1. The number of rotatable bonds is 4. The summed E-state index contributed by atoms with van der Waals surface area (Å²) in [5, 5.41) is 38.2. The van der Waals surface area contributed by atoms with Crippen molar-refractivity contribution >= 4 is 5.78 Å². The average molecular weight is 284 g/mol. The fourth-order valence-corrected chi connectivity index (χ4v) is 3.04. The van der Waals surface area contributed by atoms with E-state index >= 15 is 0 Å². The van der Waals surface area contributed by atoms with Crippen LogP contribution in [0, 0.1) is 62.1 Å². The molecule has 2 atom stereocenters. The van der Waals surface area contributed by atoms with Gasteiger partial charge in [0.25, 0.3) is 0 Å². The quantitative estimate of drug-likeness (QED) is 0.776. The topological polar surface area (TPSA) is 121 Å². The van der Waals surface area contributed by atoms with Crippen LogP contribution in [-0.4, -0.2) is 18.5 Å². The fraction of sp³-hybridized carbons (Fsp3) is 0.667. The molecule has 0 saturated heterocycles. The van der Waals surface area contributed by atoms with Gasteiger partial charge < -0.3 is 4.74 Å². The molecule has 0 aliphatic heterocycles. The summed E-state index contributed by atoms with van der Waals surface area (Å²) in [5.41, 5.74) is -3.96. The lowest BCUT2D eigenvalue weighted by molar-refractivity contribution is -0.133. The van der Waals surface area contributed by atoms with Gasteiger partial charge in [0.2, 0.25) is 5.41 Å². The van der Waals surface area contributed by atoms with Crippen LogP contribution in [0.1, 0.15) is 33.1 Å². The van der Waals surface area contributed by atoms with Gasteiger partial charge in [0.15, 0.2) is 5.41 Å². The van der Waals surface area contributed by atoms with Gasteiger partial charge in [-0.2, -0.15) is 21.0 Å². The monoisotopic (exact) mass is 284 g/mol. The minimum atomic E-state index is -2.00. The minimum absolute atomic E-state index is 0.155. The van der Waals surface area contributed by atoms with Crippen LogP contribution in [0.5, 0.6) is 0 Å². The summed E-state index contributed by atoms with van der Waals surface area (Å²) < 4.78 is 5.44. The molecule has 0 N–H and O–H groups in total. The van der Waals surface area contributed by atoms with E-state index in [-0.39, 0.29) is 25.2 Å². The SMILES string of the molecule is CCOC1CCC(C(=O)CC)C(C#N)(C#N)C1(C#N)C#N. The van der Waals surface area contributed by atoms with Gasteiger partial charge in [0.1, 0.15) is 5.78 Å². The Balaban J connectivity index is 3.57. The summed E-state index contributed by atoms with van der Waals surface area (Å²) in [4.78, 5) is 12.1. The van der Waals surface area contributed by atoms with Crippen molar-refractivity contribution in [3.8, 4) is 24.3 Å². The molecule has 0 bridgehead atoms. The molecule has 6 heteroatoms. The third-order valence-electron chi connectivity index (χ3n) is 4.16. The summed E-state index contributed by atoms with van der Waals surface area (Å²) in [6.45, 7) is 3.61. The standard InChI is InChI=1S/C15H16N4O2/c1-3-12(20)11-5-6-13(21-4-2)15(9-18,10-19)14(11,7-16)8-17/h11,13H,3-6H2,1-2H3. The van der Waals surface area contributed by atoms with Crippen LogP contribution in [0.2, 0.25) is 0 Å². The van der Waals surface area contributed by atoms with Crippen LogP contribution in [-0.2, 0) is 9.53 Å². The maximum absolute atomic E-state index is 12.1. The van der Waals surface area contributed by atoms with E-state index in [1.165, 1.54) is 0 Å². The molecule has 0 aromatic carbocycles. The highest BCUT2D eigenvalue weighted by atomic mass is 16.5. The molecule has 1 aliphatic rings. The lowest BCUT2D eigenvalue weighted by Crippen LogP contribution is -2.57. The minimum Gasteiger partial charge on any atom is -0.376 e. The Hall–Kier alpha value is -2.41. The lowest BCUT2D eigenvalue weighted by Gasteiger charge is -2.45. The molecule has 108 valence electrons. The summed E-state index contributed by atoms with van der Waals surface area (Å²) in [7, 11) is 0. The van der Waals surface area contributed by atoms with Crippen molar-refractivity contribution in [2.24, 2.45) is 16.7 Å². The van der Waals surface area contributed by atoms with Crippen molar-refractivity contribution in [1.82, 2.24) is 0 Å². The summed E-state index contributed by atoms with van der Waals surface area (Å²) in [6, 6.07) is 7.25. The first-order chi connectivity index (χ1) is 10.0. The molecular formula is C15H16N4O2. The number of nitrogens with zero attached hydrogens (tertiary/aromatic N) is 4. The largest absolute Gasteiger partial charge is 0.376 e. The fourth-order valence-electron chi connectivity index (χ4n) is 3.04.